The van der Waals surface area contributed by atoms with Crippen molar-refractivity contribution in [3.05, 3.63) is 53.7 Å². The Bertz CT molecular complexity index is 1310. The van der Waals surface area contributed by atoms with Gasteiger partial charge < -0.3 is 15.2 Å². The molecule has 2 heterocycles. The fourth-order valence-corrected chi connectivity index (χ4v) is 3.20. The number of anilines is 2. The van der Waals surface area contributed by atoms with Gasteiger partial charge in [0, 0.05) is 30.6 Å². The lowest BCUT2D eigenvalue weighted by atomic mass is 10.1. The highest BCUT2D eigenvalue weighted by molar-refractivity contribution is 6.08. The molecule has 10 heteroatoms. The zero-order valence-corrected chi connectivity index (χ0v) is 16.1. The number of aromatic amines is 1. The molecule has 0 unspecified atom stereocenters. The molecule has 30 heavy (non-hydrogen) atoms. The molecular formula is C20H16N8O2. The van der Waals surface area contributed by atoms with Crippen LogP contribution < -0.4 is 10.6 Å². The Labute approximate surface area is 170 Å². The zero-order chi connectivity index (χ0) is 21.3. The lowest BCUT2D eigenvalue weighted by Gasteiger charge is -2.10. The molecule has 4 rings (SSSR count). The van der Waals surface area contributed by atoms with Crippen LogP contribution in [0.1, 0.15) is 23.0 Å². The summed E-state index contributed by atoms with van der Waals surface area (Å²) in [5, 5.41) is 29.4. The van der Waals surface area contributed by atoms with Gasteiger partial charge in [-0.3, -0.25) is 9.59 Å². The van der Waals surface area contributed by atoms with E-state index >= 15 is 0 Å². The summed E-state index contributed by atoms with van der Waals surface area (Å²) < 4.78 is 1.74. The SMILES string of the molecule is CC(=O)Nc1ccc2cc(C(=O)Nc3ccc(C#N)cc3-c3nn[nH]n3)n(C)c2c1. The van der Waals surface area contributed by atoms with Gasteiger partial charge in [0.05, 0.1) is 22.8 Å². The first-order chi connectivity index (χ1) is 14.5. The molecule has 0 atom stereocenters. The Kier molecular flexibility index (Phi) is 4.69. The van der Waals surface area contributed by atoms with E-state index in [1.165, 1.54) is 6.92 Å². The number of carbonyl (C=O) groups is 2. The van der Waals surface area contributed by atoms with E-state index < -0.39 is 0 Å². The maximum absolute atomic E-state index is 13.0. The second-order valence-corrected chi connectivity index (χ2v) is 6.61. The van der Waals surface area contributed by atoms with Gasteiger partial charge in [0.25, 0.3) is 5.91 Å². The summed E-state index contributed by atoms with van der Waals surface area (Å²) in [6.07, 6.45) is 0. The standard InChI is InChI=1S/C20H16N8O2/c1-11(29)22-14-5-4-13-8-18(28(2)17(13)9-14)20(30)23-16-6-3-12(10-21)7-15(16)19-24-26-27-25-19/h3-9H,1-2H3,(H,22,29)(H,23,30)(H,24,25,26,27). The predicted molar refractivity (Wildman–Crippen MR) is 110 cm³/mol. The number of nitrogens with one attached hydrogen (secondary N) is 3. The third-order valence-corrected chi connectivity index (χ3v) is 4.58. The highest BCUT2D eigenvalue weighted by Gasteiger charge is 2.18. The molecular weight excluding hydrogens is 384 g/mol. The summed E-state index contributed by atoms with van der Waals surface area (Å²) in [7, 11) is 1.77. The number of nitrogens with zero attached hydrogens (tertiary/aromatic N) is 5. The van der Waals surface area contributed by atoms with E-state index in [2.05, 4.69) is 37.3 Å². The Morgan fingerprint density at radius 1 is 1.13 bits per heavy atom. The second-order valence-electron chi connectivity index (χ2n) is 6.61. The summed E-state index contributed by atoms with van der Waals surface area (Å²) >= 11 is 0. The van der Waals surface area contributed by atoms with Crippen LogP contribution in [0.25, 0.3) is 22.3 Å². The van der Waals surface area contributed by atoms with Gasteiger partial charge in [-0.25, -0.2) is 0 Å². The Hall–Kier alpha value is -4.52. The van der Waals surface area contributed by atoms with Crippen molar-refractivity contribution in [1.82, 2.24) is 25.2 Å². The number of fused-ring (bicyclic) bond motifs is 1. The van der Waals surface area contributed by atoms with Crippen molar-refractivity contribution in [3.63, 3.8) is 0 Å². The molecule has 3 N–H and O–H groups in total. The largest absolute Gasteiger partial charge is 0.340 e. The van der Waals surface area contributed by atoms with E-state index in [0.29, 0.717) is 28.2 Å². The Balaban J connectivity index is 1.69. The highest BCUT2D eigenvalue weighted by Crippen LogP contribution is 2.28. The first kappa shape index (κ1) is 18.8. The molecule has 0 aliphatic carbocycles. The molecule has 0 bridgehead atoms. The molecule has 0 spiro atoms. The molecule has 4 aromatic rings. The zero-order valence-electron chi connectivity index (χ0n) is 16.1. The number of hydrogen-bond donors (Lipinski definition) is 3. The minimum atomic E-state index is -0.343. The van der Waals surface area contributed by atoms with E-state index in [1.54, 1.807) is 48.0 Å². The van der Waals surface area contributed by atoms with Crippen LogP contribution >= 0.6 is 0 Å². The number of nitriles is 1. The molecule has 10 nitrogen and oxygen atoms in total. The second kappa shape index (κ2) is 7.48. The summed E-state index contributed by atoms with van der Waals surface area (Å²) in [6, 6.07) is 14.0. The van der Waals surface area contributed by atoms with Crippen molar-refractivity contribution >= 4 is 34.1 Å². The summed E-state index contributed by atoms with van der Waals surface area (Å²) in [4.78, 5) is 24.3. The summed E-state index contributed by atoms with van der Waals surface area (Å²) in [5.41, 5.74) is 3.20. The average molecular weight is 400 g/mol. The first-order valence-corrected chi connectivity index (χ1v) is 8.92. The quantitative estimate of drug-likeness (QED) is 0.480. The maximum Gasteiger partial charge on any atom is 0.272 e. The normalized spacial score (nSPS) is 10.6. The van der Waals surface area contributed by atoms with Gasteiger partial charge in [-0.1, -0.05) is 6.07 Å². The van der Waals surface area contributed by atoms with E-state index in [-0.39, 0.29) is 17.6 Å². The number of hydrogen-bond acceptors (Lipinski definition) is 6. The average Bonchev–Trinajstić information content (AvgIpc) is 3.36. The lowest BCUT2D eigenvalue weighted by molar-refractivity contribution is -0.114. The molecule has 0 saturated heterocycles. The third kappa shape index (κ3) is 3.47. The van der Waals surface area contributed by atoms with Gasteiger partial charge >= 0.3 is 0 Å². The topological polar surface area (TPSA) is 141 Å². The Morgan fingerprint density at radius 3 is 2.67 bits per heavy atom. The fourth-order valence-electron chi connectivity index (χ4n) is 3.20. The van der Waals surface area contributed by atoms with Crippen molar-refractivity contribution in [1.29, 1.82) is 5.26 Å². The molecule has 0 fully saturated rings. The fraction of sp³-hybridized carbons (Fsp3) is 0.100. The van der Waals surface area contributed by atoms with Crippen LogP contribution in [0.3, 0.4) is 0 Å². The van der Waals surface area contributed by atoms with Crippen LogP contribution in [0.2, 0.25) is 0 Å². The Morgan fingerprint density at radius 2 is 1.97 bits per heavy atom. The van der Waals surface area contributed by atoms with Crippen LogP contribution in [-0.4, -0.2) is 37.0 Å². The smallest absolute Gasteiger partial charge is 0.272 e. The molecule has 0 radical (unpaired) electrons. The predicted octanol–water partition coefficient (Wildman–Crippen LogP) is 2.44. The minimum absolute atomic E-state index is 0.170. The van der Waals surface area contributed by atoms with Gasteiger partial charge in [-0.05, 0) is 41.6 Å². The number of aryl methyl sites for hydroxylation is 1. The van der Waals surface area contributed by atoms with E-state index in [1.807, 2.05) is 6.07 Å². The van der Waals surface area contributed by atoms with Gasteiger partial charge in [0.2, 0.25) is 11.7 Å². The maximum atomic E-state index is 13.0. The highest BCUT2D eigenvalue weighted by atomic mass is 16.2. The summed E-state index contributed by atoms with van der Waals surface area (Å²) in [5.74, 6) is -0.250. The number of amides is 2. The molecule has 0 aliphatic heterocycles. The van der Waals surface area contributed by atoms with E-state index in [9.17, 15) is 14.9 Å². The number of tetrazole rings is 1. The van der Waals surface area contributed by atoms with Gasteiger partial charge in [-0.2, -0.15) is 10.5 Å². The third-order valence-electron chi connectivity index (χ3n) is 4.58. The van der Waals surface area contributed by atoms with Crippen LogP contribution in [-0.2, 0) is 11.8 Å². The molecule has 148 valence electrons. The monoisotopic (exact) mass is 400 g/mol. The number of aromatic nitrogens is 5. The van der Waals surface area contributed by atoms with Crippen molar-refractivity contribution in [2.75, 3.05) is 10.6 Å². The number of benzene rings is 2. The van der Waals surface area contributed by atoms with Gasteiger partial charge in [0.15, 0.2) is 0 Å². The molecule has 0 saturated carbocycles. The van der Waals surface area contributed by atoms with Crippen molar-refractivity contribution in [2.24, 2.45) is 7.05 Å². The number of carbonyl (C=O) groups excluding carboxylic acids is 2. The number of H-pyrrole nitrogens is 1. The van der Waals surface area contributed by atoms with Gasteiger partial charge in [0.1, 0.15) is 5.69 Å². The van der Waals surface area contributed by atoms with Crippen LogP contribution in [0.15, 0.2) is 42.5 Å². The van der Waals surface area contributed by atoms with Gasteiger partial charge in [-0.15, -0.1) is 10.2 Å². The number of rotatable bonds is 4. The van der Waals surface area contributed by atoms with E-state index in [0.717, 1.165) is 10.9 Å². The minimum Gasteiger partial charge on any atom is -0.340 e. The summed E-state index contributed by atoms with van der Waals surface area (Å²) in [6.45, 7) is 1.44. The van der Waals surface area contributed by atoms with E-state index in [4.69, 9.17) is 0 Å². The van der Waals surface area contributed by atoms with Crippen molar-refractivity contribution in [3.8, 4) is 17.5 Å². The first-order valence-electron chi connectivity index (χ1n) is 8.92. The molecule has 0 aliphatic rings. The van der Waals surface area contributed by atoms with Crippen LogP contribution in [0, 0.1) is 11.3 Å². The molecule has 2 aromatic heterocycles. The molecule has 2 aromatic carbocycles. The molecule has 2 amide bonds. The van der Waals surface area contributed by atoms with Crippen molar-refractivity contribution < 1.29 is 9.59 Å². The van der Waals surface area contributed by atoms with Crippen LogP contribution in [0.4, 0.5) is 11.4 Å². The lowest BCUT2D eigenvalue weighted by Crippen LogP contribution is -2.16. The van der Waals surface area contributed by atoms with Crippen molar-refractivity contribution in [2.45, 2.75) is 6.92 Å². The van der Waals surface area contributed by atoms with Crippen LogP contribution in [0.5, 0.6) is 0 Å².